The molecule has 0 spiro atoms. The summed E-state index contributed by atoms with van der Waals surface area (Å²) >= 11 is 12.0. The smallest absolute Gasteiger partial charge is 0.328 e. The third kappa shape index (κ3) is 5.19. The maximum Gasteiger partial charge on any atom is 0.328 e. The van der Waals surface area contributed by atoms with E-state index in [-0.39, 0.29) is 28.2 Å². The molecule has 9 heteroatoms. The Bertz CT molecular complexity index is 906. The number of urea groups is 1. The lowest BCUT2D eigenvalue weighted by molar-refractivity contribution is -0.139. The van der Waals surface area contributed by atoms with Gasteiger partial charge in [0.2, 0.25) is 0 Å². The van der Waals surface area contributed by atoms with Gasteiger partial charge in [-0.25, -0.2) is 9.59 Å². The molecule has 3 amide bonds. The largest absolute Gasteiger partial charge is 0.480 e. The Labute approximate surface area is 177 Å². The van der Waals surface area contributed by atoms with E-state index >= 15 is 0 Å². The third-order valence-electron chi connectivity index (χ3n) is 4.65. The molecule has 0 fully saturated rings. The molecule has 3 rings (SSSR count). The average molecular weight is 436 g/mol. The van der Waals surface area contributed by atoms with Crippen molar-refractivity contribution in [3.8, 4) is 0 Å². The molecule has 152 valence electrons. The quantitative estimate of drug-likeness (QED) is 0.559. The van der Waals surface area contributed by atoms with Gasteiger partial charge in [-0.2, -0.15) is 0 Å². The van der Waals surface area contributed by atoms with E-state index in [1.165, 1.54) is 23.3 Å². The van der Waals surface area contributed by atoms with Crippen LogP contribution in [0.5, 0.6) is 0 Å². The molecule has 0 unspecified atom stereocenters. The predicted molar refractivity (Wildman–Crippen MR) is 110 cm³/mol. The molecule has 1 aliphatic carbocycles. The minimum Gasteiger partial charge on any atom is -0.480 e. The number of amides is 3. The van der Waals surface area contributed by atoms with E-state index in [2.05, 4.69) is 16.0 Å². The molecule has 1 atom stereocenters. The number of carbonyl (C=O) groups is 3. The molecule has 0 bridgehead atoms. The standard InChI is InChI=1S/C20H19Cl2N3O4/c21-14-6-3-7-15(22)17(14)18(26)25-16(19(27)28)10-23-20(29)24-13-8-11-4-1-2-5-12(11)9-13/h1-7,13,16H,8-10H2,(H,25,26)(H,27,28)(H2,23,24,29)/t16-/m0/s1. The highest BCUT2D eigenvalue weighted by molar-refractivity contribution is 6.39. The van der Waals surface area contributed by atoms with Crippen LogP contribution in [0.15, 0.2) is 42.5 Å². The lowest BCUT2D eigenvalue weighted by Gasteiger charge is -2.18. The molecule has 1 aliphatic rings. The second-order valence-electron chi connectivity index (χ2n) is 6.69. The van der Waals surface area contributed by atoms with E-state index in [0.717, 1.165) is 0 Å². The summed E-state index contributed by atoms with van der Waals surface area (Å²) in [7, 11) is 0. The second-order valence-corrected chi connectivity index (χ2v) is 7.50. The van der Waals surface area contributed by atoms with Crippen LogP contribution in [0.2, 0.25) is 10.0 Å². The van der Waals surface area contributed by atoms with E-state index in [0.29, 0.717) is 12.8 Å². The summed E-state index contributed by atoms with van der Waals surface area (Å²) in [6.07, 6.45) is 1.43. The van der Waals surface area contributed by atoms with E-state index < -0.39 is 23.9 Å². The number of aliphatic carboxylic acids is 1. The Kier molecular flexibility index (Phi) is 6.61. The zero-order valence-corrected chi connectivity index (χ0v) is 16.8. The number of carbonyl (C=O) groups excluding carboxylic acids is 2. The first-order valence-corrected chi connectivity index (χ1v) is 9.69. The number of fused-ring (bicyclic) bond motifs is 1. The second kappa shape index (κ2) is 9.15. The van der Waals surface area contributed by atoms with Gasteiger partial charge in [-0.1, -0.05) is 53.5 Å². The molecule has 0 aromatic heterocycles. The van der Waals surface area contributed by atoms with Crippen LogP contribution >= 0.6 is 23.2 Å². The first-order valence-electron chi connectivity index (χ1n) is 8.94. The van der Waals surface area contributed by atoms with Crippen molar-refractivity contribution in [1.29, 1.82) is 0 Å². The van der Waals surface area contributed by atoms with Gasteiger partial charge < -0.3 is 21.1 Å². The highest BCUT2D eigenvalue weighted by atomic mass is 35.5. The molecular formula is C20H19Cl2N3O4. The van der Waals surface area contributed by atoms with E-state index in [9.17, 15) is 19.5 Å². The lowest BCUT2D eigenvalue weighted by Crippen LogP contribution is -2.51. The minimum atomic E-state index is -1.35. The van der Waals surface area contributed by atoms with Gasteiger partial charge in [0.15, 0.2) is 0 Å². The number of rotatable bonds is 6. The molecule has 7 nitrogen and oxygen atoms in total. The number of hydrogen-bond acceptors (Lipinski definition) is 3. The molecule has 4 N–H and O–H groups in total. The zero-order chi connectivity index (χ0) is 21.0. The molecule has 0 saturated heterocycles. The Hall–Kier alpha value is -2.77. The van der Waals surface area contributed by atoms with Gasteiger partial charge in [0.1, 0.15) is 6.04 Å². The number of halogens is 2. The van der Waals surface area contributed by atoms with Crippen molar-refractivity contribution in [2.45, 2.75) is 24.9 Å². The molecule has 2 aromatic rings. The van der Waals surface area contributed by atoms with Crippen LogP contribution in [0.4, 0.5) is 4.79 Å². The fourth-order valence-electron chi connectivity index (χ4n) is 3.24. The van der Waals surface area contributed by atoms with Crippen molar-refractivity contribution in [1.82, 2.24) is 16.0 Å². The van der Waals surface area contributed by atoms with Gasteiger partial charge in [-0.05, 0) is 36.1 Å². The van der Waals surface area contributed by atoms with Crippen LogP contribution in [0.3, 0.4) is 0 Å². The summed E-state index contributed by atoms with van der Waals surface area (Å²) in [5.41, 5.74) is 2.35. The van der Waals surface area contributed by atoms with Crippen molar-refractivity contribution in [3.05, 3.63) is 69.2 Å². The summed E-state index contributed by atoms with van der Waals surface area (Å²) in [6.45, 7) is -0.297. The molecule has 0 aliphatic heterocycles. The first kappa shape index (κ1) is 21.0. The normalized spacial score (nSPS) is 14.0. The molecule has 0 radical (unpaired) electrons. The Morgan fingerprint density at radius 3 is 2.14 bits per heavy atom. The van der Waals surface area contributed by atoms with Crippen molar-refractivity contribution in [2.75, 3.05) is 6.54 Å². The average Bonchev–Trinajstić information content (AvgIpc) is 3.06. The minimum absolute atomic E-state index is 0.0183. The van der Waals surface area contributed by atoms with Crippen LogP contribution in [0.1, 0.15) is 21.5 Å². The molecule has 29 heavy (non-hydrogen) atoms. The van der Waals surface area contributed by atoms with Gasteiger partial charge >= 0.3 is 12.0 Å². The van der Waals surface area contributed by atoms with Crippen LogP contribution in [0.25, 0.3) is 0 Å². The highest BCUT2D eigenvalue weighted by Crippen LogP contribution is 2.24. The SMILES string of the molecule is O=C(NC[C@H](NC(=O)c1c(Cl)cccc1Cl)C(=O)O)NC1Cc2ccccc2C1. The van der Waals surface area contributed by atoms with Gasteiger partial charge in [0.25, 0.3) is 5.91 Å². The monoisotopic (exact) mass is 435 g/mol. The number of benzene rings is 2. The maximum absolute atomic E-state index is 12.4. The Morgan fingerprint density at radius 1 is 1.00 bits per heavy atom. The van der Waals surface area contributed by atoms with Crippen LogP contribution in [-0.2, 0) is 17.6 Å². The van der Waals surface area contributed by atoms with Gasteiger partial charge in [0.05, 0.1) is 22.2 Å². The predicted octanol–water partition coefficient (Wildman–Crippen LogP) is 2.64. The summed E-state index contributed by atoms with van der Waals surface area (Å²) in [5.74, 6) is -2.03. The summed E-state index contributed by atoms with van der Waals surface area (Å²) in [6, 6.07) is 10.6. The fraction of sp³-hybridized carbons (Fsp3) is 0.250. The van der Waals surface area contributed by atoms with Crippen LogP contribution < -0.4 is 16.0 Å². The zero-order valence-electron chi connectivity index (χ0n) is 15.2. The van der Waals surface area contributed by atoms with Crippen molar-refractivity contribution >= 4 is 41.1 Å². The molecule has 2 aromatic carbocycles. The number of nitrogens with one attached hydrogen (secondary N) is 3. The lowest BCUT2D eigenvalue weighted by atomic mass is 10.1. The van der Waals surface area contributed by atoms with Gasteiger partial charge in [-0.15, -0.1) is 0 Å². The topological polar surface area (TPSA) is 108 Å². The van der Waals surface area contributed by atoms with E-state index in [1.807, 2.05) is 24.3 Å². The third-order valence-corrected chi connectivity index (χ3v) is 5.28. The summed E-state index contributed by atoms with van der Waals surface area (Å²) < 4.78 is 0. The highest BCUT2D eigenvalue weighted by Gasteiger charge is 2.26. The summed E-state index contributed by atoms with van der Waals surface area (Å²) in [5, 5.41) is 17.2. The molecule has 0 heterocycles. The molecule has 0 saturated carbocycles. The first-order chi connectivity index (χ1) is 13.8. The van der Waals surface area contributed by atoms with E-state index in [4.69, 9.17) is 23.2 Å². The maximum atomic E-state index is 12.4. The summed E-state index contributed by atoms with van der Waals surface area (Å²) in [4.78, 5) is 36.0. The van der Waals surface area contributed by atoms with Crippen molar-refractivity contribution in [2.24, 2.45) is 0 Å². The van der Waals surface area contributed by atoms with Crippen molar-refractivity contribution in [3.63, 3.8) is 0 Å². The van der Waals surface area contributed by atoms with Crippen LogP contribution in [0, 0.1) is 0 Å². The fourth-order valence-corrected chi connectivity index (χ4v) is 3.81. The molecular weight excluding hydrogens is 417 g/mol. The number of carboxylic acid groups (broad SMARTS) is 1. The van der Waals surface area contributed by atoms with Gasteiger partial charge in [0, 0.05) is 6.04 Å². The van der Waals surface area contributed by atoms with Crippen LogP contribution in [-0.4, -0.2) is 41.6 Å². The number of carboxylic acids is 1. The Balaban J connectivity index is 1.54. The Morgan fingerprint density at radius 2 is 1.59 bits per heavy atom. The van der Waals surface area contributed by atoms with Crippen molar-refractivity contribution < 1.29 is 19.5 Å². The number of hydrogen-bond donors (Lipinski definition) is 4. The van der Waals surface area contributed by atoms with E-state index in [1.54, 1.807) is 6.07 Å². The van der Waals surface area contributed by atoms with Gasteiger partial charge in [-0.3, -0.25) is 4.79 Å².